The number of carboxylic acid groups (broad SMARTS) is 1. The zero-order valence-electron chi connectivity index (χ0n) is 18.3. The summed E-state index contributed by atoms with van der Waals surface area (Å²) >= 11 is 0. The Balaban J connectivity index is 1.54. The van der Waals surface area contributed by atoms with Gasteiger partial charge in [-0.2, -0.15) is 0 Å². The van der Waals surface area contributed by atoms with Gasteiger partial charge in [0, 0.05) is 18.5 Å². The number of aryl methyl sites for hydroxylation is 1. The number of carbonyl (C=O) groups is 2. The van der Waals surface area contributed by atoms with Crippen molar-refractivity contribution in [3.63, 3.8) is 0 Å². The van der Waals surface area contributed by atoms with Gasteiger partial charge in [0.1, 0.15) is 0 Å². The van der Waals surface area contributed by atoms with Crippen molar-refractivity contribution in [2.45, 2.75) is 32.1 Å². The second kappa shape index (κ2) is 11.7. The Morgan fingerprint density at radius 2 is 1.56 bits per heavy atom. The first-order chi connectivity index (χ1) is 15.5. The largest absolute Gasteiger partial charge is 0.478 e. The molecule has 1 atom stereocenters. The van der Waals surface area contributed by atoms with Crippen LogP contribution in [-0.4, -0.2) is 23.5 Å². The van der Waals surface area contributed by atoms with Crippen LogP contribution >= 0.6 is 0 Å². The summed E-state index contributed by atoms with van der Waals surface area (Å²) in [6.07, 6.45) is 4.79. The monoisotopic (exact) mass is 427 g/mol. The summed E-state index contributed by atoms with van der Waals surface area (Å²) in [5.41, 5.74) is 5.62. The van der Waals surface area contributed by atoms with Crippen molar-refractivity contribution in [1.82, 2.24) is 5.32 Å². The van der Waals surface area contributed by atoms with E-state index in [9.17, 15) is 9.59 Å². The van der Waals surface area contributed by atoms with E-state index in [4.69, 9.17) is 5.11 Å². The Kier molecular flexibility index (Phi) is 8.38. The van der Waals surface area contributed by atoms with E-state index in [1.165, 1.54) is 17.2 Å². The Labute approximate surface area is 189 Å². The summed E-state index contributed by atoms with van der Waals surface area (Å²) in [7, 11) is 0. The van der Waals surface area contributed by atoms with Gasteiger partial charge in [0.25, 0.3) is 0 Å². The first kappa shape index (κ1) is 23.0. The van der Waals surface area contributed by atoms with Gasteiger partial charge in [-0.3, -0.25) is 4.79 Å². The average molecular weight is 428 g/mol. The second-order valence-corrected chi connectivity index (χ2v) is 7.94. The average Bonchev–Trinajstić information content (AvgIpc) is 2.79. The van der Waals surface area contributed by atoms with E-state index in [2.05, 4.69) is 24.4 Å². The van der Waals surface area contributed by atoms with E-state index in [1.807, 2.05) is 66.7 Å². The fourth-order valence-corrected chi connectivity index (χ4v) is 3.72. The molecule has 164 valence electrons. The number of carboxylic acids is 1. The first-order valence-electron chi connectivity index (χ1n) is 10.9. The molecule has 1 unspecified atom stereocenters. The molecule has 0 aromatic heterocycles. The Morgan fingerprint density at radius 3 is 2.25 bits per heavy atom. The molecule has 1 amide bonds. The van der Waals surface area contributed by atoms with Crippen molar-refractivity contribution in [2.75, 3.05) is 6.54 Å². The van der Waals surface area contributed by atoms with Gasteiger partial charge in [-0.25, -0.2) is 4.79 Å². The smallest absolute Gasteiger partial charge is 0.327 e. The van der Waals surface area contributed by atoms with E-state index in [1.54, 1.807) is 6.08 Å². The molecule has 0 heterocycles. The summed E-state index contributed by atoms with van der Waals surface area (Å²) in [5, 5.41) is 12.0. The molecule has 4 heteroatoms. The first-order valence-corrected chi connectivity index (χ1v) is 10.9. The number of aliphatic carboxylic acids is 1. The van der Waals surface area contributed by atoms with E-state index < -0.39 is 5.97 Å². The molecular formula is C28H29NO3. The molecule has 0 radical (unpaired) electrons. The van der Waals surface area contributed by atoms with E-state index >= 15 is 0 Å². The minimum absolute atomic E-state index is 0.0119. The van der Waals surface area contributed by atoms with Crippen LogP contribution in [0.4, 0.5) is 0 Å². The van der Waals surface area contributed by atoms with Crippen molar-refractivity contribution in [3.8, 4) is 0 Å². The molecule has 0 fully saturated rings. The van der Waals surface area contributed by atoms with Crippen LogP contribution in [0.1, 0.15) is 33.7 Å². The summed E-state index contributed by atoms with van der Waals surface area (Å²) < 4.78 is 0. The van der Waals surface area contributed by atoms with Gasteiger partial charge in [-0.05, 0) is 47.6 Å². The number of rotatable bonds is 10. The minimum atomic E-state index is -0.949. The Hall–Kier alpha value is -3.66. The van der Waals surface area contributed by atoms with Crippen LogP contribution in [0.2, 0.25) is 0 Å². The number of benzene rings is 3. The molecule has 3 aromatic rings. The lowest BCUT2D eigenvalue weighted by Gasteiger charge is -2.14. The highest BCUT2D eigenvalue weighted by Crippen LogP contribution is 2.23. The van der Waals surface area contributed by atoms with Crippen LogP contribution < -0.4 is 5.32 Å². The molecule has 0 aliphatic rings. The van der Waals surface area contributed by atoms with Crippen molar-refractivity contribution in [2.24, 2.45) is 0 Å². The third-order valence-corrected chi connectivity index (χ3v) is 5.52. The van der Waals surface area contributed by atoms with Crippen LogP contribution in [0.15, 0.2) is 91.0 Å². The normalized spacial score (nSPS) is 11.9. The highest BCUT2D eigenvalue weighted by atomic mass is 16.4. The van der Waals surface area contributed by atoms with E-state index in [0.717, 1.165) is 23.1 Å². The second-order valence-electron chi connectivity index (χ2n) is 7.94. The molecule has 3 rings (SSSR count). The molecule has 4 nitrogen and oxygen atoms in total. The standard InChI is InChI=1S/C28H29NO3/c1-21-7-5-6-8-24(21)17-18-29-27(30)20-23-13-11-22(12-14-23)19-26(15-16-28(31)32)25-9-3-2-4-10-25/h2-16,26H,17-20H2,1H3,(H,29,30)(H,31,32)/b16-15+. The summed E-state index contributed by atoms with van der Waals surface area (Å²) in [6.45, 7) is 2.70. The fraction of sp³-hybridized carbons (Fsp3) is 0.214. The SMILES string of the molecule is Cc1ccccc1CCNC(=O)Cc1ccc(CC(/C=C/C(=O)O)c2ccccc2)cc1. The maximum absolute atomic E-state index is 12.3. The van der Waals surface area contributed by atoms with Crippen LogP contribution in [0.5, 0.6) is 0 Å². The minimum Gasteiger partial charge on any atom is -0.478 e. The third kappa shape index (κ3) is 7.24. The van der Waals surface area contributed by atoms with Gasteiger partial charge >= 0.3 is 5.97 Å². The molecule has 0 aliphatic heterocycles. The maximum Gasteiger partial charge on any atom is 0.327 e. The zero-order valence-corrected chi connectivity index (χ0v) is 18.3. The Morgan fingerprint density at radius 1 is 0.906 bits per heavy atom. The van der Waals surface area contributed by atoms with Crippen LogP contribution in [-0.2, 0) is 28.9 Å². The molecule has 32 heavy (non-hydrogen) atoms. The Bertz CT molecular complexity index is 1060. The summed E-state index contributed by atoms with van der Waals surface area (Å²) in [6, 6.07) is 26.1. The topological polar surface area (TPSA) is 66.4 Å². The van der Waals surface area contributed by atoms with Gasteiger partial charge in [0.15, 0.2) is 0 Å². The number of nitrogens with one attached hydrogen (secondary N) is 1. The highest BCUT2D eigenvalue weighted by molar-refractivity contribution is 5.80. The molecule has 0 bridgehead atoms. The highest BCUT2D eigenvalue weighted by Gasteiger charge is 2.10. The zero-order chi connectivity index (χ0) is 22.8. The van der Waals surface area contributed by atoms with Crippen molar-refractivity contribution >= 4 is 11.9 Å². The fourth-order valence-electron chi connectivity index (χ4n) is 3.72. The van der Waals surface area contributed by atoms with Crippen LogP contribution in [0.25, 0.3) is 0 Å². The molecular weight excluding hydrogens is 398 g/mol. The van der Waals surface area contributed by atoms with Crippen LogP contribution in [0, 0.1) is 6.92 Å². The predicted octanol–water partition coefficient (Wildman–Crippen LogP) is 4.86. The number of amides is 1. The van der Waals surface area contributed by atoms with Gasteiger partial charge in [0.05, 0.1) is 6.42 Å². The third-order valence-electron chi connectivity index (χ3n) is 5.52. The lowest BCUT2D eigenvalue weighted by molar-refractivity contribution is -0.131. The molecule has 0 aliphatic carbocycles. The van der Waals surface area contributed by atoms with Crippen LogP contribution in [0.3, 0.4) is 0 Å². The predicted molar refractivity (Wildman–Crippen MR) is 128 cm³/mol. The molecule has 0 saturated carbocycles. The van der Waals surface area contributed by atoms with Gasteiger partial charge in [-0.1, -0.05) is 84.9 Å². The lowest BCUT2D eigenvalue weighted by atomic mass is 9.91. The van der Waals surface area contributed by atoms with E-state index in [-0.39, 0.29) is 11.8 Å². The van der Waals surface area contributed by atoms with Gasteiger partial charge in [-0.15, -0.1) is 0 Å². The van der Waals surface area contributed by atoms with Gasteiger partial charge in [0.2, 0.25) is 5.91 Å². The van der Waals surface area contributed by atoms with Crippen molar-refractivity contribution in [3.05, 3.63) is 119 Å². The maximum atomic E-state index is 12.3. The molecule has 0 spiro atoms. The summed E-state index contributed by atoms with van der Waals surface area (Å²) in [4.78, 5) is 23.3. The lowest BCUT2D eigenvalue weighted by Crippen LogP contribution is -2.27. The van der Waals surface area contributed by atoms with Crippen molar-refractivity contribution in [1.29, 1.82) is 0 Å². The molecule has 3 aromatic carbocycles. The van der Waals surface area contributed by atoms with Crippen molar-refractivity contribution < 1.29 is 14.7 Å². The summed E-state index contributed by atoms with van der Waals surface area (Å²) in [5.74, 6) is -0.963. The number of allylic oxidation sites excluding steroid dienone is 1. The van der Waals surface area contributed by atoms with Gasteiger partial charge < -0.3 is 10.4 Å². The molecule has 0 saturated heterocycles. The van der Waals surface area contributed by atoms with E-state index in [0.29, 0.717) is 19.4 Å². The number of hydrogen-bond donors (Lipinski definition) is 2. The quantitative estimate of drug-likeness (QED) is 0.454. The number of hydrogen-bond acceptors (Lipinski definition) is 2. The molecule has 2 N–H and O–H groups in total. The number of carbonyl (C=O) groups excluding carboxylic acids is 1.